The van der Waals surface area contributed by atoms with Crippen molar-refractivity contribution in [3.05, 3.63) is 12.2 Å². The molecule has 17 atom stereocenters. The van der Waals surface area contributed by atoms with Crippen LogP contribution in [0.15, 0.2) is 12.2 Å². The van der Waals surface area contributed by atoms with E-state index in [0.717, 1.165) is 51.4 Å². The molecule has 484 valence electrons. The molecular weight excluding hydrogens is 1060 g/mol. The molecule has 1 amide bonds. The Labute approximate surface area is 493 Å². The molecule has 3 heterocycles. The van der Waals surface area contributed by atoms with Gasteiger partial charge >= 0.3 is 0 Å². The number of nitrogens with one attached hydrogen (secondary N) is 1. The van der Waals surface area contributed by atoms with Gasteiger partial charge in [0.25, 0.3) is 0 Å². The second kappa shape index (κ2) is 46.7. The zero-order valence-electron chi connectivity index (χ0n) is 50.7. The molecule has 0 aromatic rings. The zero-order valence-corrected chi connectivity index (χ0v) is 50.7. The maximum absolute atomic E-state index is 13.3. The van der Waals surface area contributed by atoms with Gasteiger partial charge in [-0.25, -0.2) is 0 Å². The highest BCUT2D eigenvalue weighted by atomic mass is 16.8. The Morgan fingerprint density at radius 1 is 0.427 bits per heavy atom. The van der Waals surface area contributed by atoms with E-state index in [-0.39, 0.29) is 18.9 Å². The number of carbonyl (C=O) groups excluding carboxylic acids is 1. The Bertz CT molecular complexity index is 1550. The van der Waals surface area contributed by atoms with Crippen molar-refractivity contribution in [1.82, 2.24) is 5.32 Å². The predicted octanol–water partition coefficient (Wildman–Crippen LogP) is 7.33. The van der Waals surface area contributed by atoms with E-state index < -0.39 is 124 Å². The molecule has 3 aliphatic heterocycles. The lowest BCUT2D eigenvalue weighted by Crippen LogP contribution is -2.66. The number of carbonyl (C=O) groups is 1. The topological polar surface area (TPSA) is 307 Å². The van der Waals surface area contributed by atoms with Crippen LogP contribution < -0.4 is 5.32 Å². The van der Waals surface area contributed by atoms with Crippen LogP contribution in [0.2, 0.25) is 0 Å². The van der Waals surface area contributed by atoms with Gasteiger partial charge in [0, 0.05) is 6.42 Å². The molecule has 0 aromatic carbocycles. The molecule has 3 saturated heterocycles. The summed E-state index contributed by atoms with van der Waals surface area (Å²) in [7, 11) is 0. The molecule has 0 radical (unpaired) electrons. The van der Waals surface area contributed by atoms with Crippen LogP contribution in [0.4, 0.5) is 0 Å². The highest BCUT2D eigenvalue weighted by Gasteiger charge is 2.53. The van der Waals surface area contributed by atoms with Crippen LogP contribution in [0.3, 0.4) is 0 Å². The molecule has 3 rings (SSSR count). The molecule has 3 fully saturated rings. The molecule has 0 spiro atoms. The fraction of sp³-hybridized carbons (Fsp3) is 0.952. The lowest BCUT2D eigenvalue weighted by atomic mass is 9.96. The number of unbranched alkanes of at least 4 members (excludes halogenated alkanes) is 34. The van der Waals surface area contributed by atoms with Gasteiger partial charge in [-0.1, -0.05) is 238 Å². The first-order chi connectivity index (χ1) is 39.8. The highest BCUT2D eigenvalue weighted by molar-refractivity contribution is 5.76. The quantitative estimate of drug-likeness (QED) is 0.0210. The lowest BCUT2D eigenvalue weighted by Gasteiger charge is -2.48. The molecule has 3 aliphatic rings. The number of amides is 1. The summed E-state index contributed by atoms with van der Waals surface area (Å²) in [5, 5.41) is 120. The highest BCUT2D eigenvalue weighted by Crippen LogP contribution is 2.33. The van der Waals surface area contributed by atoms with Crippen molar-refractivity contribution in [2.75, 3.05) is 26.4 Å². The molecule has 0 saturated carbocycles. The second-order valence-corrected chi connectivity index (χ2v) is 23.9. The van der Waals surface area contributed by atoms with Gasteiger partial charge in [0.05, 0.1) is 38.6 Å². The zero-order chi connectivity index (χ0) is 59.7. The van der Waals surface area contributed by atoms with Gasteiger partial charge in [0.2, 0.25) is 5.91 Å². The largest absolute Gasteiger partial charge is 0.394 e. The van der Waals surface area contributed by atoms with Crippen molar-refractivity contribution in [2.24, 2.45) is 0 Å². The summed E-state index contributed by atoms with van der Waals surface area (Å²) in [5.74, 6) is -0.276. The summed E-state index contributed by atoms with van der Waals surface area (Å²) in [4.78, 5) is 13.3. The van der Waals surface area contributed by atoms with Gasteiger partial charge in [-0.3, -0.25) is 4.79 Å². The molecule has 12 N–H and O–H groups in total. The van der Waals surface area contributed by atoms with Crippen molar-refractivity contribution >= 4 is 5.91 Å². The maximum Gasteiger partial charge on any atom is 0.220 e. The molecule has 0 aliphatic carbocycles. The predicted molar refractivity (Wildman–Crippen MR) is 314 cm³/mol. The number of hydrogen-bond donors (Lipinski definition) is 12. The van der Waals surface area contributed by atoms with Crippen LogP contribution in [-0.2, 0) is 33.2 Å². The molecular formula is C63H119NO18. The summed E-state index contributed by atoms with van der Waals surface area (Å²) >= 11 is 0. The van der Waals surface area contributed by atoms with Gasteiger partial charge in [-0.2, -0.15) is 0 Å². The molecule has 17 unspecified atom stereocenters. The normalized spacial score (nSPS) is 29.6. The number of hydrogen-bond acceptors (Lipinski definition) is 18. The first-order valence-electron chi connectivity index (χ1n) is 32.9. The molecule has 0 aromatic heterocycles. The van der Waals surface area contributed by atoms with Crippen molar-refractivity contribution in [1.29, 1.82) is 0 Å². The second-order valence-electron chi connectivity index (χ2n) is 23.9. The van der Waals surface area contributed by atoms with E-state index in [2.05, 4.69) is 19.2 Å². The van der Waals surface area contributed by atoms with E-state index in [1.807, 2.05) is 6.08 Å². The van der Waals surface area contributed by atoms with E-state index in [4.69, 9.17) is 28.4 Å². The van der Waals surface area contributed by atoms with E-state index >= 15 is 0 Å². The van der Waals surface area contributed by atoms with Crippen LogP contribution in [0.5, 0.6) is 0 Å². The number of aliphatic hydroxyl groups excluding tert-OH is 11. The standard InChI is InChI=1S/C63H119NO18/c1-3-5-7-9-11-12-13-14-15-16-17-18-19-20-21-22-23-24-25-26-27-28-29-30-31-32-33-34-35-37-39-41-51(69)64-46(47(68)40-38-36-10-8-6-4-2)45-77-61-57(75)54(72)59(49(43-66)79-61)82-63-58(76)55(73)60(50(44-67)80-63)81-62-56(74)53(71)52(70)48(42-65)78-62/h38,40,46-50,52-63,65-68,70-76H,3-37,39,41-45H2,1-2H3,(H,64,69)/b40-38+. The van der Waals surface area contributed by atoms with Crippen LogP contribution in [0.1, 0.15) is 251 Å². The fourth-order valence-corrected chi connectivity index (χ4v) is 11.4. The van der Waals surface area contributed by atoms with Crippen molar-refractivity contribution < 1.29 is 89.4 Å². The van der Waals surface area contributed by atoms with E-state index in [0.29, 0.717) is 6.42 Å². The van der Waals surface area contributed by atoms with Crippen LogP contribution >= 0.6 is 0 Å². The Kier molecular flexibility index (Phi) is 42.5. The Morgan fingerprint density at radius 2 is 0.756 bits per heavy atom. The monoisotopic (exact) mass is 1180 g/mol. The summed E-state index contributed by atoms with van der Waals surface area (Å²) in [6, 6.07) is -0.965. The van der Waals surface area contributed by atoms with Crippen LogP contribution in [0.25, 0.3) is 0 Å². The Hall–Kier alpha value is -1.47. The van der Waals surface area contributed by atoms with E-state index in [1.165, 1.54) is 173 Å². The molecule has 0 bridgehead atoms. The maximum atomic E-state index is 13.3. The first-order valence-corrected chi connectivity index (χ1v) is 32.9. The molecule has 19 heteroatoms. The van der Waals surface area contributed by atoms with Crippen molar-refractivity contribution in [2.45, 2.75) is 356 Å². The Morgan fingerprint density at radius 3 is 1.15 bits per heavy atom. The van der Waals surface area contributed by atoms with Gasteiger partial charge in [-0.15, -0.1) is 0 Å². The third-order valence-electron chi connectivity index (χ3n) is 16.8. The third-order valence-corrected chi connectivity index (χ3v) is 16.8. The molecule has 19 nitrogen and oxygen atoms in total. The minimum absolute atomic E-state index is 0.248. The van der Waals surface area contributed by atoms with E-state index in [9.17, 15) is 61.0 Å². The van der Waals surface area contributed by atoms with Gasteiger partial charge in [-0.05, 0) is 19.3 Å². The van der Waals surface area contributed by atoms with Crippen molar-refractivity contribution in [3.63, 3.8) is 0 Å². The number of ether oxygens (including phenoxy) is 6. The average molecular weight is 1180 g/mol. The summed E-state index contributed by atoms with van der Waals surface area (Å²) < 4.78 is 34.1. The number of rotatable bonds is 50. The lowest BCUT2D eigenvalue weighted by molar-refractivity contribution is -0.379. The van der Waals surface area contributed by atoms with E-state index in [1.54, 1.807) is 6.08 Å². The van der Waals surface area contributed by atoms with Crippen molar-refractivity contribution in [3.8, 4) is 0 Å². The minimum atomic E-state index is -1.97. The minimum Gasteiger partial charge on any atom is -0.394 e. The SMILES string of the molecule is CCCCCC/C=C/C(O)C(COC1OC(CO)C(OC2OC(CO)C(OC3OC(CO)C(O)C(O)C3O)C(O)C2O)C(O)C1O)NC(=O)CCCCCCCCCCCCCCCCCCCCCCCCCCCCCCCCC. The number of allylic oxidation sites excluding steroid dienone is 1. The van der Waals surface area contributed by atoms with Crippen LogP contribution in [0, 0.1) is 0 Å². The molecule has 82 heavy (non-hydrogen) atoms. The summed E-state index contributed by atoms with van der Waals surface area (Å²) in [6.07, 6.45) is 22.9. The van der Waals surface area contributed by atoms with Gasteiger partial charge < -0.3 is 89.9 Å². The summed E-state index contributed by atoms with van der Waals surface area (Å²) in [6.45, 7) is 1.65. The summed E-state index contributed by atoms with van der Waals surface area (Å²) in [5.41, 5.74) is 0. The average Bonchev–Trinajstić information content (AvgIpc) is 3.53. The fourth-order valence-electron chi connectivity index (χ4n) is 11.4. The number of aliphatic hydroxyl groups is 11. The smallest absolute Gasteiger partial charge is 0.220 e. The van der Waals surface area contributed by atoms with Gasteiger partial charge in [0.1, 0.15) is 73.2 Å². The third kappa shape index (κ3) is 29.5. The Balaban J connectivity index is 1.30. The van der Waals surface area contributed by atoms with Crippen LogP contribution in [-0.4, -0.2) is 193 Å². The van der Waals surface area contributed by atoms with Gasteiger partial charge in [0.15, 0.2) is 18.9 Å². The first kappa shape index (κ1) is 74.8.